The van der Waals surface area contributed by atoms with Crippen LogP contribution in [-0.2, 0) is 4.79 Å². The lowest BCUT2D eigenvalue weighted by atomic mass is 9.78. The van der Waals surface area contributed by atoms with E-state index in [2.05, 4.69) is 17.6 Å². The molecule has 108 valence electrons. The predicted molar refractivity (Wildman–Crippen MR) is 73.3 cm³/mol. The molecule has 0 spiro atoms. The van der Waals surface area contributed by atoms with Gasteiger partial charge in [-0.2, -0.15) is 5.26 Å². The highest BCUT2D eigenvalue weighted by Crippen LogP contribution is 2.33. The fourth-order valence-electron chi connectivity index (χ4n) is 2.53. The fourth-order valence-corrected chi connectivity index (χ4v) is 2.53. The van der Waals surface area contributed by atoms with Crippen LogP contribution in [-0.4, -0.2) is 36.2 Å². The third-order valence-corrected chi connectivity index (χ3v) is 3.91. The Morgan fingerprint density at radius 3 is 2.74 bits per heavy atom. The summed E-state index contributed by atoms with van der Waals surface area (Å²) in [5.41, 5.74) is -0.654. The average molecular weight is 267 g/mol. The lowest BCUT2D eigenvalue weighted by molar-refractivity contribution is -0.120. The van der Waals surface area contributed by atoms with Gasteiger partial charge in [-0.3, -0.25) is 4.79 Å². The molecule has 1 aliphatic carbocycles. The maximum absolute atomic E-state index is 11.4. The molecule has 1 fully saturated rings. The van der Waals surface area contributed by atoms with Crippen LogP contribution in [0.15, 0.2) is 0 Å². The van der Waals surface area contributed by atoms with Crippen LogP contribution in [0.25, 0.3) is 0 Å². The van der Waals surface area contributed by atoms with Gasteiger partial charge >= 0.3 is 0 Å². The van der Waals surface area contributed by atoms with Crippen LogP contribution in [0.4, 0.5) is 0 Å². The summed E-state index contributed by atoms with van der Waals surface area (Å²) in [4.78, 5) is 11.4. The molecule has 1 amide bonds. The second-order valence-corrected chi connectivity index (χ2v) is 5.44. The smallest absolute Gasteiger partial charge is 0.233 e. The first-order valence-electron chi connectivity index (χ1n) is 7.16. The Labute approximate surface area is 115 Å². The van der Waals surface area contributed by atoms with E-state index in [1.807, 2.05) is 6.07 Å². The second-order valence-electron chi connectivity index (χ2n) is 5.44. The number of nitriles is 1. The van der Waals surface area contributed by atoms with Gasteiger partial charge in [0.15, 0.2) is 0 Å². The van der Waals surface area contributed by atoms with Gasteiger partial charge in [0, 0.05) is 13.1 Å². The Hall–Kier alpha value is -1.12. The zero-order valence-corrected chi connectivity index (χ0v) is 11.7. The Kier molecular flexibility index (Phi) is 6.82. The third kappa shape index (κ3) is 6.04. The lowest BCUT2D eigenvalue weighted by Crippen LogP contribution is -2.46. The molecule has 0 unspecified atom stereocenters. The minimum absolute atomic E-state index is 0.124. The van der Waals surface area contributed by atoms with Gasteiger partial charge < -0.3 is 15.7 Å². The molecule has 0 aliphatic heterocycles. The predicted octanol–water partition coefficient (Wildman–Crippen LogP) is 0.937. The van der Waals surface area contributed by atoms with E-state index >= 15 is 0 Å². The van der Waals surface area contributed by atoms with Crippen molar-refractivity contribution in [1.29, 1.82) is 5.26 Å². The molecule has 0 aromatic rings. The van der Waals surface area contributed by atoms with Crippen LogP contribution >= 0.6 is 0 Å². The topological polar surface area (TPSA) is 85.2 Å². The standard InChI is InChI=1S/C14H25N3O2/c1-2-12-4-6-14(19,7-5-12)11-16-10-13(18)17-9-3-8-15/h12,16,19H,2-7,9-11H2,1H3,(H,17,18). The third-order valence-electron chi connectivity index (χ3n) is 3.91. The molecule has 0 radical (unpaired) electrons. The lowest BCUT2D eigenvalue weighted by Gasteiger charge is -2.35. The van der Waals surface area contributed by atoms with E-state index in [9.17, 15) is 9.90 Å². The zero-order chi connectivity index (χ0) is 14.1. The van der Waals surface area contributed by atoms with E-state index in [0.717, 1.165) is 31.6 Å². The van der Waals surface area contributed by atoms with Crippen LogP contribution in [0.3, 0.4) is 0 Å². The first kappa shape index (κ1) is 15.9. The first-order chi connectivity index (χ1) is 9.09. The van der Waals surface area contributed by atoms with Gasteiger partial charge in [-0.25, -0.2) is 0 Å². The molecule has 0 aromatic carbocycles. The minimum atomic E-state index is -0.654. The molecule has 5 nitrogen and oxygen atoms in total. The maximum atomic E-state index is 11.4. The number of rotatable bonds is 7. The van der Waals surface area contributed by atoms with Crippen molar-refractivity contribution >= 4 is 5.91 Å². The van der Waals surface area contributed by atoms with Crippen molar-refractivity contribution < 1.29 is 9.90 Å². The maximum Gasteiger partial charge on any atom is 0.233 e. The molecule has 1 rings (SSSR count). The van der Waals surface area contributed by atoms with Crippen molar-refractivity contribution in [2.24, 2.45) is 5.92 Å². The highest BCUT2D eigenvalue weighted by Gasteiger charge is 2.32. The van der Waals surface area contributed by atoms with E-state index in [1.165, 1.54) is 6.42 Å². The summed E-state index contributed by atoms with van der Waals surface area (Å²) in [5, 5.41) is 24.4. The molecule has 0 atom stereocenters. The second kappa shape index (κ2) is 8.13. The highest BCUT2D eigenvalue weighted by atomic mass is 16.3. The molecule has 3 N–H and O–H groups in total. The van der Waals surface area contributed by atoms with Crippen LogP contribution in [0, 0.1) is 17.2 Å². The SMILES string of the molecule is CCC1CCC(O)(CNCC(=O)NCCC#N)CC1. The van der Waals surface area contributed by atoms with Crippen LogP contribution in [0.2, 0.25) is 0 Å². The summed E-state index contributed by atoms with van der Waals surface area (Å²) in [6.07, 6.45) is 5.29. The summed E-state index contributed by atoms with van der Waals surface area (Å²) in [7, 11) is 0. The van der Waals surface area contributed by atoms with Crippen LogP contribution in [0.5, 0.6) is 0 Å². The van der Waals surface area contributed by atoms with Gasteiger partial charge in [0.25, 0.3) is 0 Å². The van der Waals surface area contributed by atoms with Gasteiger partial charge in [-0.1, -0.05) is 13.3 Å². The van der Waals surface area contributed by atoms with Crippen molar-refractivity contribution in [3.63, 3.8) is 0 Å². The van der Waals surface area contributed by atoms with Gasteiger partial charge in [-0.05, 0) is 31.6 Å². The first-order valence-corrected chi connectivity index (χ1v) is 7.16. The number of hydrogen-bond donors (Lipinski definition) is 3. The highest BCUT2D eigenvalue weighted by molar-refractivity contribution is 5.77. The number of hydrogen-bond acceptors (Lipinski definition) is 4. The van der Waals surface area contributed by atoms with Crippen LogP contribution in [0.1, 0.15) is 45.4 Å². The summed E-state index contributed by atoms with van der Waals surface area (Å²) in [6.45, 7) is 3.25. The van der Waals surface area contributed by atoms with Crippen molar-refractivity contribution in [2.45, 2.75) is 51.0 Å². The Morgan fingerprint density at radius 2 is 2.16 bits per heavy atom. The quantitative estimate of drug-likeness (QED) is 0.599. The average Bonchev–Trinajstić information content (AvgIpc) is 2.40. The largest absolute Gasteiger partial charge is 0.389 e. The molecule has 19 heavy (non-hydrogen) atoms. The van der Waals surface area contributed by atoms with Gasteiger partial charge in [0.2, 0.25) is 5.91 Å². The Bertz CT molecular complexity index is 317. The monoisotopic (exact) mass is 267 g/mol. The molecule has 0 saturated heterocycles. The number of amides is 1. The van der Waals surface area contributed by atoms with E-state index in [4.69, 9.17) is 5.26 Å². The normalized spacial score (nSPS) is 26.7. The van der Waals surface area contributed by atoms with E-state index in [0.29, 0.717) is 19.5 Å². The van der Waals surface area contributed by atoms with Crippen molar-refractivity contribution in [3.8, 4) is 6.07 Å². The van der Waals surface area contributed by atoms with Gasteiger partial charge in [0.05, 0.1) is 24.6 Å². The van der Waals surface area contributed by atoms with Gasteiger partial charge in [0.1, 0.15) is 0 Å². The van der Waals surface area contributed by atoms with E-state index < -0.39 is 5.60 Å². The minimum Gasteiger partial charge on any atom is -0.389 e. The van der Waals surface area contributed by atoms with Crippen molar-refractivity contribution in [2.75, 3.05) is 19.6 Å². The number of carbonyl (C=O) groups is 1. The molecule has 1 aliphatic rings. The van der Waals surface area contributed by atoms with Crippen molar-refractivity contribution in [1.82, 2.24) is 10.6 Å². The van der Waals surface area contributed by atoms with Crippen LogP contribution < -0.4 is 10.6 Å². The number of nitrogens with one attached hydrogen (secondary N) is 2. The fraction of sp³-hybridized carbons (Fsp3) is 0.857. The molecule has 1 saturated carbocycles. The molecule has 5 heteroatoms. The number of aliphatic hydroxyl groups is 1. The molecule has 0 aromatic heterocycles. The summed E-state index contributed by atoms with van der Waals surface area (Å²) >= 11 is 0. The Morgan fingerprint density at radius 1 is 1.47 bits per heavy atom. The van der Waals surface area contributed by atoms with E-state index in [1.54, 1.807) is 0 Å². The van der Waals surface area contributed by atoms with E-state index in [-0.39, 0.29) is 12.5 Å². The zero-order valence-electron chi connectivity index (χ0n) is 11.7. The summed E-state index contributed by atoms with van der Waals surface area (Å²) in [5.74, 6) is 0.621. The molecular weight excluding hydrogens is 242 g/mol. The number of carbonyl (C=O) groups excluding carboxylic acids is 1. The number of nitrogens with zero attached hydrogens (tertiary/aromatic N) is 1. The summed E-state index contributed by atoms with van der Waals surface area (Å²) < 4.78 is 0. The van der Waals surface area contributed by atoms with Gasteiger partial charge in [-0.15, -0.1) is 0 Å². The molecular formula is C14H25N3O2. The molecule has 0 heterocycles. The van der Waals surface area contributed by atoms with Crippen molar-refractivity contribution in [3.05, 3.63) is 0 Å². The Balaban J connectivity index is 2.15. The summed E-state index contributed by atoms with van der Waals surface area (Å²) in [6, 6.07) is 1.97. The molecule has 0 bridgehead atoms.